The lowest BCUT2D eigenvalue weighted by Crippen LogP contribution is -2.46. The summed E-state index contributed by atoms with van der Waals surface area (Å²) in [6.45, 7) is 3.27. The Bertz CT molecular complexity index is 959. The number of likely N-dealkylation sites (tertiary alicyclic amines) is 1. The van der Waals surface area contributed by atoms with Crippen molar-refractivity contribution in [3.63, 3.8) is 0 Å². The minimum atomic E-state index is -0.242. The second-order valence-corrected chi connectivity index (χ2v) is 8.42. The zero-order valence-corrected chi connectivity index (χ0v) is 17.9. The number of carbonyl (C=O) groups excluding carboxylic acids is 3. The first-order valence-electron chi connectivity index (χ1n) is 11.0. The molecule has 2 aliphatic heterocycles. The molecule has 2 unspecified atom stereocenters. The molecule has 6 heteroatoms. The SMILES string of the molecule is CC(=O)N1CCc2ccccc2C1CC(=O)N1CCCC(C(=O)Nc2ccccc2)C1. The van der Waals surface area contributed by atoms with E-state index in [1.165, 1.54) is 5.56 Å². The number of amides is 3. The monoisotopic (exact) mass is 419 g/mol. The van der Waals surface area contributed by atoms with E-state index in [1.807, 2.05) is 53.4 Å². The lowest BCUT2D eigenvalue weighted by atomic mass is 9.89. The second-order valence-electron chi connectivity index (χ2n) is 8.42. The molecule has 2 atom stereocenters. The van der Waals surface area contributed by atoms with Gasteiger partial charge in [-0.3, -0.25) is 14.4 Å². The number of rotatable bonds is 4. The van der Waals surface area contributed by atoms with Crippen molar-refractivity contribution in [3.05, 3.63) is 65.7 Å². The minimum Gasteiger partial charge on any atom is -0.342 e. The van der Waals surface area contributed by atoms with Gasteiger partial charge in [-0.05, 0) is 42.5 Å². The standard InChI is InChI=1S/C25H29N3O3/c1-18(29)28-15-13-19-8-5-6-12-22(19)23(28)16-24(30)27-14-7-9-20(17-27)25(31)26-21-10-3-2-4-11-21/h2-6,8,10-12,20,23H,7,9,13-17H2,1H3,(H,26,31). The maximum absolute atomic E-state index is 13.2. The summed E-state index contributed by atoms with van der Waals surface area (Å²) < 4.78 is 0. The van der Waals surface area contributed by atoms with E-state index in [4.69, 9.17) is 0 Å². The minimum absolute atomic E-state index is 0.00478. The highest BCUT2D eigenvalue weighted by atomic mass is 16.2. The van der Waals surface area contributed by atoms with E-state index in [9.17, 15) is 14.4 Å². The van der Waals surface area contributed by atoms with Gasteiger partial charge in [0, 0.05) is 32.2 Å². The Morgan fingerprint density at radius 2 is 1.74 bits per heavy atom. The van der Waals surface area contributed by atoms with Crippen LogP contribution in [0, 0.1) is 5.92 Å². The van der Waals surface area contributed by atoms with Crippen LogP contribution in [0.4, 0.5) is 5.69 Å². The number of hydrogen-bond donors (Lipinski definition) is 1. The van der Waals surface area contributed by atoms with E-state index < -0.39 is 0 Å². The van der Waals surface area contributed by atoms with Gasteiger partial charge in [0.25, 0.3) is 0 Å². The van der Waals surface area contributed by atoms with Crippen LogP contribution < -0.4 is 5.32 Å². The molecule has 0 radical (unpaired) electrons. The number of benzene rings is 2. The molecule has 4 rings (SSSR count). The molecule has 162 valence electrons. The topological polar surface area (TPSA) is 69.7 Å². The van der Waals surface area contributed by atoms with Crippen molar-refractivity contribution in [1.29, 1.82) is 0 Å². The maximum atomic E-state index is 13.2. The third-order valence-electron chi connectivity index (χ3n) is 6.37. The average Bonchev–Trinajstić information content (AvgIpc) is 2.79. The molecule has 0 bridgehead atoms. The number of hydrogen-bond acceptors (Lipinski definition) is 3. The number of fused-ring (bicyclic) bond motifs is 1. The number of anilines is 1. The van der Waals surface area contributed by atoms with Crippen LogP contribution in [0.3, 0.4) is 0 Å². The van der Waals surface area contributed by atoms with Crippen molar-refractivity contribution in [3.8, 4) is 0 Å². The van der Waals surface area contributed by atoms with E-state index in [0.29, 0.717) is 19.6 Å². The van der Waals surface area contributed by atoms with Gasteiger partial charge in [0.2, 0.25) is 17.7 Å². The molecule has 0 aliphatic carbocycles. The first-order chi connectivity index (χ1) is 15.0. The molecule has 0 saturated carbocycles. The van der Waals surface area contributed by atoms with Gasteiger partial charge in [-0.15, -0.1) is 0 Å². The smallest absolute Gasteiger partial charge is 0.229 e. The Kier molecular flexibility index (Phi) is 6.35. The zero-order chi connectivity index (χ0) is 21.8. The Morgan fingerprint density at radius 3 is 2.52 bits per heavy atom. The van der Waals surface area contributed by atoms with Gasteiger partial charge >= 0.3 is 0 Å². The van der Waals surface area contributed by atoms with Crippen LogP contribution in [0.15, 0.2) is 54.6 Å². The Labute approximate surface area is 183 Å². The molecule has 2 aliphatic rings. The van der Waals surface area contributed by atoms with Gasteiger partial charge in [0.15, 0.2) is 0 Å². The molecule has 2 aromatic carbocycles. The van der Waals surface area contributed by atoms with Crippen LogP contribution >= 0.6 is 0 Å². The van der Waals surface area contributed by atoms with Crippen LogP contribution in [0.5, 0.6) is 0 Å². The van der Waals surface area contributed by atoms with E-state index >= 15 is 0 Å². The van der Waals surface area contributed by atoms with Gasteiger partial charge in [0.05, 0.1) is 18.4 Å². The fourth-order valence-electron chi connectivity index (χ4n) is 4.73. The van der Waals surface area contributed by atoms with Crippen LogP contribution in [0.1, 0.15) is 43.4 Å². The summed E-state index contributed by atoms with van der Waals surface area (Å²) in [4.78, 5) is 41.8. The summed E-state index contributed by atoms with van der Waals surface area (Å²) in [7, 11) is 0. The first-order valence-corrected chi connectivity index (χ1v) is 11.0. The van der Waals surface area contributed by atoms with Crippen molar-refractivity contribution in [2.75, 3.05) is 25.0 Å². The Hall–Kier alpha value is -3.15. The van der Waals surface area contributed by atoms with Crippen molar-refractivity contribution in [2.24, 2.45) is 5.92 Å². The fourth-order valence-corrected chi connectivity index (χ4v) is 4.73. The van der Waals surface area contributed by atoms with Crippen molar-refractivity contribution >= 4 is 23.4 Å². The van der Waals surface area contributed by atoms with E-state index in [1.54, 1.807) is 11.8 Å². The highest BCUT2D eigenvalue weighted by Gasteiger charge is 2.34. The zero-order valence-electron chi connectivity index (χ0n) is 17.9. The molecule has 6 nitrogen and oxygen atoms in total. The van der Waals surface area contributed by atoms with Gasteiger partial charge in [-0.1, -0.05) is 42.5 Å². The first kappa shape index (κ1) is 21.1. The molecule has 3 amide bonds. The Morgan fingerprint density at radius 1 is 1.00 bits per heavy atom. The molecule has 1 fully saturated rings. The molecule has 2 aromatic rings. The summed E-state index contributed by atoms with van der Waals surface area (Å²) >= 11 is 0. The lowest BCUT2D eigenvalue weighted by molar-refractivity contribution is -0.138. The van der Waals surface area contributed by atoms with Crippen molar-refractivity contribution in [1.82, 2.24) is 9.80 Å². The van der Waals surface area contributed by atoms with Crippen molar-refractivity contribution < 1.29 is 14.4 Å². The molecule has 31 heavy (non-hydrogen) atoms. The van der Waals surface area contributed by atoms with Crippen LogP contribution in [0.2, 0.25) is 0 Å². The molecule has 2 heterocycles. The highest BCUT2D eigenvalue weighted by Crippen LogP contribution is 2.33. The Balaban J connectivity index is 1.44. The molecule has 1 saturated heterocycles. The second kappa shape index (κ2) is 9.33. The average molecular weight is 420 g/mol. The van der Waals surface area contributed by atoms with Gasteiger partial charge in [-0.25, -0.2) is 0 Å². The predicted molar refractivity (Wildman–Crippen MR) is 119 cm³/mol. The number of nitrogens with one attached hydrogen (secondary N) is 1. The van der Waals surface area contributed by atoms with E-state index in [2.05, 4.69) is 11.4 Å². The van der Waals surface area contributed by atoms with E-state index in [-0.39, 0.29) is 36.1 Å². The highest BCUT2D eigenvalue weighted by molar-refractivity contribution is 5.93. The third kappa shape index (κ3) is 4.79. The number of piperidine rings is 1. The molecular formula is C25H29N3O3. The number of carbonyl (C=O) groups is 3. The summed E-state index contributed by atoms with van der Waals surface area (Å²) in [5.41, 5.74) is 3.04. The summed E-state index contributed by atoms with van der Waals surface area (Å²) in [6.07, 6.45) is 2.64. The quantitative estimate of drug-likeness (QED) is 0.826. The van der Waals surface area contributed by atoms with E-state index in [0.717, 1.165) is 30.5 Å². The number of para-hydroxylation sites is 1. The molecule has 0 aromatic heterocycles. The van der Waals surface area contributed by atoms with Gasteiger partial charge in [0.1, 0.15) is 0 Å². The largest absolute Gasteiger partial charge is 0.342 e. The number of nitrogens with zero attached hydrogens (tertiary/aromatic N) is 2. The lowest BCUT2D eigenvalue weighted by Gasteiger charge is -2.38. The summed E-state index contributed by atoms with van der Waals surface area (Å²) in [5.74, 6) is -0.270. The van der Waals surface area contributed by atoms with Crippen LogP contribution in [0.25, 0.3) is 0 Å². The van der Waals surface area contributed by atoms with Crippen LogP contribution in [-0.2, 0) is 20.8 Å². The molecule has 0 spiro atoms. The third-order valence-corrected chi connectivity index (χ3v) is 6.37. The molecule has 1 N–H and O–H groups in total. The van der Waals surface area contributed by atoms with Gasteiger partial charge < -0.3 is 15.1 Å². The fraction of sp³-hybridized carbons (Fsp3) is 0.400. The van der Waals surface area contributed by atoms with Crippen molar-refractivity contribution in [2.45, 2.75) is 38.6 Å². The van der Waals surface area contributed by atoms with Crippen LogP contribution in [-0.4, -0.2) is 47.2 Å². The normalized spacial score (nSPS) is 20.7. The maximum Gasteiger partial charge on any atom is 0.229 e. The predicted octanol–water partition coefficient (Wildman–Crippen LogP) is 3.40. The molecular weight excluding hydrogens is 390 g/mol. The summed E-state index contributed by atoms with van der Waals surface area (Å²) in [6, 6.07) is 17.2. The summed E-state index contributed by atoms with van der Waals surface area (Å²) in [5, 5.41) is 2.96. The van der Waals surface area contributed by atoms with Gasteiger partial charge in [-0.2, -0.15) is 0 Å².